The van der Waals surface area contributed by atoms with Gasteiger partial charge in [0.25, 0.3) is 10.0 Å². The number of ether oxygens (including phenoxy) is 1. The first kappa shape index (κ1) is 23.6. The van der Waals surface area contributed by atoms with Gasteiger partial charge in [0.1, 0.15) is 12.3 Å². The molecule has 1 saturated heterocycles. The number of carbonyl (C=O) groups excluding carboxylic acids is 1. The van der Waals surface area contributed by atoms with E-state index in [4.69, 9.17) is 4.74 Å². The minimum absolute atomic E-state index is 0.144. The summed E-state index contributed by atoms with van der Waals surface area (Å²) in [7, 11) is -3.93. The van der Waals surface area contributed by atoms with E-state index in [-0.39, 0.29) is 17.3 Å². The molecule has 0 atom stereocenters. The largest absolute Gasteiger partial charge is 0.494 e. The molecular formula is C26H29N3O4S. The van der Waals surface area contributed by atoms with Crippen molar-refractivity contribution in [3.05, 3.63) is 84.9 Å². The van der Waals surface area contributed by atoms with Crippen LogP contribution in [-0.4, -0.2) is 58.6 Å². The van der Waals surface area contributed by atoms with Crippen molar-refractivity contribution in [3.63, 3.8) is 0 Å². The van der Waals surface area contributed by atoms with Gasteiger partial charge in [-0.05, 0) is 55.5 Å². The molecule has 0 N–H and O–H groups in total. The zero-order valence-corrected chi connectivity index (χ0v) is 20.0. The van der Waals surface area contributed by atoms with Gasteiger partial charge in [0.2, 0.25) is 5.91 Å². The summed E-state index contributed by atoms with van der Waals surface area (Å²) in [6.07, 6.45) is 0. The van der Waals surface area contributed by atoms with Gasteiger partial charge in [-0.1, -0.05) is 36.4 Å². The lowest BCUT2D eigenvalue weighted by molar-refractivity contribution is -0.129. The van der Waals surface area contributed by atoms with E-state index >= 15 is 0 Å². The molecule has 1 aliphatic heterocycles. The number of piperazine rings is 1. The molecule has 0 aliphatic carbocycles. The van der Waals surface area contributed by atoms with E-state index in [0.29, 0.717) is 44.2 Å². The Morgan fingerprint density at radius 2 is 1.44 bits per heavy atom. The van der Waals surface area contributed by atoms with Crippen molar-refractivity contribution < 1.29 is 17.9 Å². The summed E-state index contributed by atoms with van der Waals surface area (Å²) < 4.78 is 33.7. The molecule has 1 amide bonds. The van der Waals surface area contributed by atoms with E-state index in [1.807, 2.05) is 25.1 Å². The monoisotopic (exact) mass is 479 g/mol. The first-order valence-electron chi connectivity index (χ1n) is 11.4. The fourth-order valence-corrected chi connectivity index (χ4v) is 5.42. The summed E-state index contributed by atoms with van der Waals surface area (Å²) in [6.45, 7) is 4.60. The Morgan fingerprint density at radius 3 is 2.03 bits per heavy atom. The van der Waals surface area contributed by atoms with Crippen molar-refractivity contribution in [2.45, 2.75) is 11.8 Å². The molecule has 0 spiro atoms. The number of rotatable bonds is 8. The third-order valence-corrected chi connectivity index (χ3v) is 7.59. The van der Waals surface area contributed by atoms with Crippen molar-refractivity contribution in [2.75, 3.05) is 48.5 Å². The van der Waals surface area contributed by atoms with Crippen LogP contribution in [0.3, 0.4) is 0 Å². The van der Waals surface area contributed by atoms with E-state index < -0.39 is 10.0 Å². The van der Waals surface area contributed by atoms with Gasteiger partial charge >= 0.3 is 0 Å². The highest BCUT2D eigenvalue weighted by molar-refractivity contribution is 7.92. The minimum atomic E-state index is -3.93. The van der Waals surface area contributed by atoms with Crippen LogP contribution in [0, 0.1) is 0 Å². The Balaban J connectivity index is 1.53. The van der Waals surface area contributed by atoms with E-state index in [9.17, 15) is 13.2 Å². The smallest absolute Gasteiger partial charge is 0.264 e. The number of sulfonamides is 1. The Hall–Kier alpha value is -3.52. The third-order valence-electron chi connectivity index (χ3n) is 5.80. The Labute approximate surface area is 201 Å². The Kier molecular flexibility index (Phi) is 7.37. The van der Waals surface area contributed by atoms with Gasteiger partial charge in [0, 0.05) is 31.9 Å². The number of carbonyl (C=O) groups is 1. The van der Waals surface area contributed by atoms with Crippen molar-refractivity contribution in [2.24, 2.45) is 0 Å². The molecule has 0 aromatic heterocycles. The second-order valence-corrected chi connectivity index (χ2v) is 9.82. The number of nitrogens with zero attached hydrogens (tertiary/aromatic N) is 3. The highest BCUT2D eigenvalue weighted by Gasteiger charge is 2.30. The average molecular weight is 480 g/mol. The summed E-state index contributed by atoms with van der Waals surface area (Å²) in [5.41, 5.74) is 1.54. The normalized spacial score (nSPS) is 14.0. The van der Waals surface area contributed by atoms with Crippen molar-refractivity contribution in [1.29, 1.82) is 0 Å². The van der Waals surface area contributed by atoms with Gasteiger partial charge < -0.3 is 14.5 Å². The van der Waals surface area contributed by atoms with Crippen LogP contribution in [0.5, 0.6) is 5.75 Å². The fourth-order valence-electron chi connectivity index (χ4n) is 3.99. The van der Waals surface area contributed by atoms with Crippen LogP contribution in [0.25, 0.3) is 0 Å². The third kappa shape index (κ3) is 5.34. The SMILES string of the molecule is CCOc1ccc(N(CC(=O)N2CCN(c3ccccc3)CC2)S(=O)(=O)c2ccccc2)cc1. The topological polar surface area (TPSA) is 70.2 Å². The second-order valence-electron chi connectivity index (χ2n) is 7.96. The summed E-state index contributed by atoms with van der Waals surface area (Å²) in [6, 6.07) is 25.1. The van der Waals surface area contributed by atoms with Crippen LogP contribution in [0.2, 0.25) is 0 Å². The summed E-state index contributed by atoms with van der Waals surface area (Å²) >= 11 is 0. The molecule has 0 bridgehead atoms. The maximum atomic E-state index is 13.5. The standard InChI is InChI=1S/C26H29N3O4S/c1-2-33-24-15-13-23(14-16-24)29(34(31,32)25-11-7-4-8-12-25)21-26(30)28-19-17-27(18-20-28)22-9-5-3-6-10-22/h3-16H,2,17-21H2,1H3. The molecule has 178 valence electrons. The van der Waals surface area contributed by atoms with Gasteiger partial charge in [-0.3, -0.25) is 9.10 Å². The molecule has 4 rings (SSSR count). The maximum absolute atomic E-state index is 13.5. The first-order valence-corrected chi connectivity index (χ1v) is 12.8. The van der Waals surface area contributed by atoms with E-state index in [1.54, 1.807) is 59.5 Å². The fraction of sp³-hybridized carbons (Fsp3) is 0.269. The van der Waals surface area contributed by atoms with E-state index in [2.05, 4.69) is 17.0 Å². The number of anilines is 2. The van der Waals surface area contributed by atoms with Crippen LogP contribution in [0.1, 0.15) is 6.92 Å². The maximum Gasteiger partial charge on any atom is 0.264 e. The predicted octanol–water partition coefficient (Wildman–Crippen LogP) is 3.63. The van der Waals surface area contributed by atoms with Gasteiger partial charge in [-0.2, -0.15) is 0 Å². The van der Waals surface area contributed by atoms with E-state index in [1.165, 1.54) is 4.31 Å². The lowest BCUT2D eigenvalue weighted by Gasteiger charge is -2.37. The van der Waals surface area contributed by atoms with Crippen molar-refractivity contribution >= 4 is 27.3 Å². The van der Waals surface area contributed by atoms with Crippen LogP contribution in [0.15, 0.2) is 89.8 Å². The lowest BCUT2D eigenvalue weighted by atomic mass is 10.2. The van der Waals surface area contributed by atoms with Crippen LogP contribution in [-0.2, 0) is 14.8 Å². The van der Waals surface area contributed by atoms with Crippen molar-refractivity contribution in [1.82, 2.24) is 4.90 Å². The van der Waals surface area contributed by atoms with Gasteiger partial charge in [-0.15, -0.1) is 0 Å². The number of hydrogen-bond donors (Lipinski definition) is 0. The molecule has 34 heavy (non-hydrogen) atoms. The van der Waals surface area contributed by atoms with Crippen molar-refractivity contribution in [3.8, 4) is 5.75 Å². The first-order chi connectivity index (χ1) is 16.5. The van der Waals surface area contributed by atoms with Gasteiger partial charge in [0.15, 0.2) is 0 Å². The van der Waals surface area contributed by atoms with Crippen LogP contribution >= 0.6 is 0 Å². The van der Waals surface area contributed by atoms with Gasteiger partial charge in [0.05, 0.1) is 17.2 Å². The molecule has 3 aromatic rings. The molecule has 1 aliphatic rings. The summed E-state index contributed by atoms with van der Waals surface area (Å²) in [4.78, 5) is 17.4. The molecule has 0 radical (unpaired) electrons. The molecular weight excluding hydrogens is 450 g/mol. The van der Waals surface area contributed by atoms with E-state index in [0.717, 1.165) is 5.69 Å². The molecule has 0 saturated carbocycles. The Morgan fingerprint density at radius 1 is 0.853 bits per heavy atom. The van der Waals surface area contributed by atoms with Crippen LogP contribution in [0.4, 0.5) is 11.4 Å². The molecule has 3 aromatic carbocycles. The number of benzene rings is 3. The zero-order valence-electron chi connectivity index (χ0n) is 19.2. The average Bonchev–Trinajstić information content (AvgIpc) is 2.89. The molecule has 1 heterocycles. The molecule has 1 fully saturated rings. The molecule has 7 nitrogen and oxygen atoms in total. The van der Waals surface area contributed by atoms with Crippen LogP contribution < -0.4 is 13.9 Å². The highest BCUT2D eigenvalue weighted by Crippen LogP contribution is 2.26. The summed E-state index contributed by atoms with van der Waals surface area (Å²) in [5, 5.41) is 0. The highest BCUT2D eigenvalue weighted by atomic mass is 32.2. The lowest BCUT2D eigenvalue weighted by Crippen LogP contribution is -2.52. The zero-order chi connectivity index (χ0) is 24.0. The quantitative estimate of drug-likeness (QED) is 0.494. The summed E-state index contributed by atoms with van der Waals surface area (Å²) in [5.74, 6) is 0.424. The number of para-hydroxylation sites is 1. The minimum Gasteiger partial charge on any atom is -0.494 e. The molecule has 0 unspecified atom stereocenters. The Bertz CT molecular complexity index is 1180. The van der Waals surface area contributed by atoms with Gasteiger partial charge in [-0.25, -0.2) is 8.42 Å². The number of amides is 1. The predicted molar refractivity (Wildman–Crippen MR) is 134 cm³/mol. The number of hydrogen-bond acceptors (Lipinski definition) is 5. The second kappa shape index (κ2) is 10.6. The molecule has 8 heteroatoms.